The molecular weight excluding hydrogens is 441 g/mol. The molecule has 0 spiro atoms. The highest BCUT2D eigenvalue weighted by atomic mass is 35.5. The number of imide groups is 1. The molecule has 158 valence electrons. The molecule has 0 N–H and O–H groups in total. The fourth-order valence-electron chi connectivity index (χ4n) is 5.99. The number of rotatable bonds is 3. The van der Waals surface area contributed by atoms with Gasteiger partial charge in [-0.05, 0) is 58.7 Å². The quantitative estimate of drug-likeness (QED) is 0.427. The summed E-state index contributed by atoms with van der Waals surface area (Å²) in [4.78, 5) is 28.6. The van der Waals surface area contributed by atoms with Gasteiger partial charge in [0.1, 0.15) is 0 Å². The second-order valence-electron chi connectivity index (χ2n) is 8.67. The van der Waals surface area contributed by atoms with E-state index < -0.39 is 0 Å². The molecule has 0 aromatic heterocycles. The minimum atomic E-state index is -0.359. The van der Waals surface area contributed by atoms with Crippen LogP contribution in [0.4, 0.5) is 5.69 Å². The molecule has 1 heterocycles. The number of hydrogen-bond donors (Lipinski definition) is 0. The summed E-state index contributed by atoms with van der Waals surface area (Å²) in [6, 6.07) is 25.4. The highest BCUT2D eigenvalue weighted by molar-refractivity contribution is 6.38. The SMILES string of the molecule is O=C1[C@@H]2[C@H](C(=O)N1c1ccc(Cl)cc1Cl)[C@H]1C[C@H]2C(c2ccccc2)=C1c1ccccc1. The van der Waals surface area contributed by atoms with Gasteiger partial charge in [-0.3, -0.25) is 9.59 Å². The van der Waals surface area contributed by atoms with Crippen molar-refractivity contribution in [2.24, 2.45) is 23.7 Å². The molecular formula is C27H19Cl2NO2. The molecule has 0 radical (unpaired) electrons. The Balaban J connectivity index is 1.49. The van der Waals surface area contributed by atoms with E-state index in [4.69, 9.17) is 23.2 Å². The molecule has 2 fully saturated rings. The van der Waals surface area contributed by atoms with Crippen LogP contribution in [-0.2, 0) is 9.59 Å². The van der Waals surface area contributed by atoms with Gasteiger partial charge >= 0.3 is 0 Å². The number of allylic oxidation sites excluding steroid dienone is 2. The van der Waals surface area contributed by atoms with Gasteiger partial charge in [0.2, 0.25) is 11.8 Å². The van der Waals surface area contributed by atoms with Crippen molar-refractivity contribution in [2.75, 3.05) is 4.90 Å². The minimum absolute atomic E-state index is 0.00938. The topological polar surface area (TPSA) is 37.4 Å². The molecule has 2 amide bonds. The van der Waals surface area contributed by atoms with Gasteiger partial charge in [-0.25, -0.2) is 4.90 Å². The highest BCUT2D eigenvalue weighted by Crippen LogP contribution is 2.64. The fraction of sp³-hybridized carbons (Fsp3) is 0.185. The molecule has 1 saturated carbocycles. The average Bonchev–Trinajstić information content (AvgIpc) is 3.45. The second-order valence-corrected chi connectivity index (χ2v) is 9.51. The maximum absolute atomic E-state index is 13.6. The molecule has 6 rings (SSSR count). The van der Waals surface area contributed by atoms with Crippen LogP contribution < -0.4 is 4.90 Å². The number of carbonyl (C=O) groups is 2. The van der Waals surface area contributed by atoms with E-state index in [1.54, 1.807) is 18.2 Å². The first-order chi connectivity index (χ1) is 15.6. The van der Waals surface area contributed by atoms with Gasteiger partial charge in [0.25, 0.3) is 0 Å². The zero-order valence-electron chi connectivity index (χ0n) is 17.0. The van der Waals surface area contributed by atoms with Crippen molar-refractivity contribution in [3.05, 3.63) is 100 Å². The normalized spacial score (nSPS) is 26.2. The van der Waals surface area contributed by atoms with Gasteiger partial charge in [0.15, 0.2) is 0 Å². The summed E-state index contributed by atoms with van der Waals surface area (Å²) in [7, 11) is 0. The van der Waals surface area contributed by atoms with Gasteiger partial charge in [-0.2, -0.15) is 0 Å². The molecule has 0 unspecified atom stereocenters. The van der Waals surface area contributed by atoms with Crippen LogP contribution in [0.5, 0.6) is 0 Å². The van der Waals surface area contributed by atoms with E-state index in [9.17, 15) is 9.59 Å². The summed E-state index contributed by atoms with van der Waals surface area (Å²) in [6.45, 7) is 0. The van der Waals surface area contributed by atoms with Crippen LogP contribution in [-0.4, -0.2) is 11.8 Å². The Morgan fingerprint density at radius 1 is 0.688 bits per heavy atom. The van der Waals surface area contributed by atoms with Gasteiger partial charge in [0.05, 0.1) is 22.5 Å². The molecule has 3 aliphatic rings. The number of amides is 2. The Hall–Kier alpha value is -2.88. The first-order valence-corrected chi connectivity index (χ1v) is 11.5. The zero-order valence-corrected chi connectivity index (χ0v) is 18.6. The standard InChI is InChI=1S/C27H19Cl2NO2/c28-17-11-12-21(20(29)13-17)30-26(31)24-18-14-19(25(24)27(30)32)23(16-9-5-2-6-10-16)22(18)15-7-3-1-4-8-15/h1-13,18-19,24-25H,14H2/t18-,19-,24-,25+/m0/s1. The number of hydrogen-bond acceptors (Lipinski definition) is 2. The Bertz CT molecular complexity index is 1210. The largest absolute Gasteiger partial charge is 0.274 e. The van der Waals surface area contributed by atoms with Crippen molar-refractivity contribution >= 4 is 51.8 Å². The molecule has 32 heavy (non-hydrogen) atoms. The fourth-order valence-corrected chi connectivity index (χ4v) is 6.49. The molecule has 3 nitrogen and oxygen atoms in total. The summed E-state index contributed by atoms with van der Waals surface area (Å²) in [5.41, 5.74) is 5.07. The van der Waals surface area contributed by atoms with Gasteiger partial charge in [-0.1, -0.05) is 83.9 Å². The van der Waals surface area contributed by atoms with E-state index in [-0.39, 0.29) is 35.5 Å². The van der Waals surface area contributed by atoms with Crippen LogP contribution >= 0.6 is 23.2 Å². The molecule has 1 aliphatic heterocycles. The molecule has 3 aromatic rings. The summed E-state index contributed by atoms with van der Waals surface area (Å²) in [5.74, 6) is -1.01. The first-order valence-electron chi connectivity index (χ1n) is 10.7. The summed E-state index contributed by atoms with van der Waals surface area (Å²) in [5, 5.41) is 0.781. The van der Waals surface area contributed by atoms with E-state index >= 15 is 0 Å². The van der Waals surface area contributed by atoms with Crippen LogP contribution in [0.1, 0.15) is 17.5 Å². The lowest BCUT2D eigenvalue weighted by Gasteiger charge is -2.27. The third-order valence-corrected chi connectivity index (χ3v) is 7.66. The molecule has 2 bridgehead atoms. The van der Waals surface area contributed by atoms with Gasteiger partial charge in [0, 0.05) is 5.02 Å². The van der Waals surface area contributed by atoms with E-state index in [1.165, 1.54) is 16.0 Å². The number of anilines is 1. The number of benzene rings is 3. The lowest BCUT2D eigenvalue weighted by atomic mass is 9.73. The Morgan fingerprint density at radius 3 is 1.66 bits per heavy atom. The average molecular weight is 460 g/mol. The van der Waals surface area contributed by atoms with Crippen molar-refractivity contribution in [2.45, 2.75) is 6.42 Å². The van der Waals surface area contributed by atoms with E-state index in [1.807, 2.05) is 36.4 Å². The molecule has 2 aliphatic carbocycles. The Morgan fingerprint density at radius 2 is 1.19 bits per heavy atom. The highest BCUT2D eigenvalue weighted by Gasteiger charge is 2.64. The maximum atomic E-state index is 13.6. The van der Waals surface area contributed by atoms with Crippen molar-refractivity contribution in [1.29, 1.82) is 0 Å². The molecule has 3 aromatic carbocycles. The molecule has 4 atom stereocenters. The lowest BCUT2D eigenvalue weighted by Crippen LogP contribution is -2.33. The number of nitrogens with zero attached hydrogens (tertiary/aromatic N) is 1. The summed E-state index contributed by atoms with van der Waals surface area (Å²) < 4.78 is 0. The summed E-state index contributed by atoms with van der Waals surface area (Å²) in [6.07, 6.45) is 0.823. The smallest absolute Gasteiger partial charge is 0.238 e. The van der Waals surface area contributed by atoms with E-state index in [0.29, 0.717) is 15.7 Å². The van der Waals surface area contributed by atoms with Crippen molar-refractivity contribution in [1.82, 2.24) is 0 Å². The molecule has 1 saturated heterocycles. The van der Waals surface area contributed by atoms with E-state index in [2.05, 4.69) is 24.3 Å². The lowest BCUT2D eigenvalue weighted by molar-refractivity contribution is -0.123. The van der Waals surface area contributed by atoms with Gasteiger partial charge in [-0.15, -0.1) is 0 Å². The van der Waals surface area contributed by atoms with Crippen molar-refractivity contribution in [3.8, 4) is 0 Å². The number of carbonyl (C=O) groups excluding carboxylic acids is 2. The predicted octanol–water partition coefficient (Wildman–Crippen LogP) is 6.36. The second kappa shape index (κ2) is 7.33. The van der Waals surface area contributed by atoms with Crippen LogP contribution in [0.25, 0.3) is 11.1 Å². The maximum Gasteiger partial charge on any atom is 0.238 e. The Labute approximate surface area is 196 Å². The Kier molecular flexibility index (Phi) is 4.53. The van der Waals surface area contributed by atoms with Crippen molar-refractivity contribution in [3.63, 3.8) is 0 Å². The third-order valence-electron chi connectivity index (χ3n) is 7.12. The van der Waals surface area contributed by atoms with Crippen LogP contribution in [0.3, 0.4) is 0 Å². The number of halogens is 2. The first kappa shape index (κ1) is 19.8. The zero-order chi connectivity index (χ0) is 22.0. The van der Waals surface area contributed by atoms with Gasteiger partial charge < -0.3 is 0 Å². The summed E-state index contributed by atoms with van der Waals surface area (Å²) >= 11 is 12.4. The third kappa shape index (κ3) is 2.74. The monoisotopic (exact) mass is 459 g/mol. The predicted molar refractivity (Wildman–Crippen MR) is 127 cm³/mol. The minimum Gasteiger partial charge on any atom is -0.274 e. The van der Waals surface area contributed by atoms with Crippen LogP contribution in [0.2, 0.25) is 10.0 Å². The van der Waals surface area contributed by atoms with Crippen LogP contribution in [0.15, 0.2) is 78.9 Å². The molecule has 5 heteroatoms. The van der Waals surface area contributed by atoms with Crippen molar-refractivity contribution < 1.29 is 9.59 Å². The van der Waals surface area contributed by atoms with E-state index in [0.717, 1.165) is 17.5 Å². The number of fused-ring (bicyclic) bond motifs is 5. The van der Waals surface area contributed by atoms with Crippen LogP contribution in [0, 0.1) is 23.7 Å².